The molecule has 0 radical (unpaired) electrons. The van der Waals surface area contributed by atoms with Crippen molar-refractivity contribution in [1.29, 1.82) is 0 Å². The van der Waals surface area contributed by atoms with Gasteiger partial charge in [0.05, 0.1) is 0 Å². The first-order valence-corrected chi connectivity index (χ1v) is 5.88. The van der Waals surface area contributed by atoms with Crippen LogP contribution in [0.15, 0.2) is 0 Å². The average molecular weight is 238 g/mol. The van der Waals surface area contributed by atoms with Gasteiger partial charge in [0.2, 0.25) is 0 Å². The van der Waals surface area contributed by atoms with E-state index in [2.05, 4.69) is 0 Å². The monoisotopic (exact) mass is 238 g/mol. The molecule has 2 nitrogen and oxygen atoms in total. The summed E-state index contributed by atoms with van der Waals surface area (Å²) in [5.74, 6) is 0.253. The molecule has 1 aliphatic rings. The van der Waals surface area contributed by atoms with Crippen LogP contribution >= 0.6 is 0 Å². The fraction of sp³-hybridized carbons (Fsp3) is 1.00. The van der Waals surface area contributed by atoms with Gasteiger partial charge in [-0.1, -0.05) is 13.8 Å². The Morgan fingerprint density at radius 2 is 1.88 bits per heavy atom. The number of nitrogens with zero attached hydrogens (tertiary/aromatic N) is 1. The standard InChI is InChI=1S/C11H21F3N2/c1-8(2)7-16(9-3-4-9)10(5-6-15)11(12,13)14/h8-10H,3-7,15H2,1-2H3. The van der Waals surface area contributed by atoms with Crippen LogP contribution in [0.4, 0.5) is 13.2 Å². The van der Waals surface area contributed by atoms with Crippen LogP contribution in [0.1, 0.15) is 33.1 Å². The van der Waals surface area contributed by atoms with Crippen LogP contribution < -0.4 is 5.73 Å². The zero-order valence-corrected chi connectivity index (χ0v) is 9.93. The summed E-state index contributed by atoms with van der Waals surface area (Å²) in [6.45, 7) is 4.50. The maximum absolute atomic E-state index is 12.9. The van der Waals surface area contributed by atoms with Crippen LogP contribution in [0, 0.1) is 5.92 Å². The number of halogens is 3. The lowest BCUT2D eigenvalue weighted by Crippen LogP contribution is -2.49. The Morgan fingerprint density at radius 3 is 2.19 bits per heavy atom. The lowest BCUT2D eigenvalue weighted by atomic mass is 10.1. The van der Waals surface area contributed by atoms with Crippen LogP contribution in [0.3, 0.4) is 0 Å². The van der Waals surface area contributed by atoms with Crippen molar-refractivity contribution in [2.45, 2.75) is 51.4 Å². The molecule has 0 aliphatic heterocycles. The SMILES string of the molecule is CC(C)CN(C1CC1)C(CCN)C(F)(F)F. The van der Waals surface area contributed by atoms with Crippen LogP contribution in [-0.2, 0) is 0 Å². The lowest BCUT2D eigenvalue weighted by molar-refractivity contribution is -0.187. The van der Waals surface area contributed by atoms with Crippen molar-refractivity contribution >= 4 is 0 Å². The average Bonchev–Trinajstić information content (AvgIpc) is 2.91. The number of rotatable bonds is 6. The normalized spacial score (nSPS) is 19.5. The van der Waals surface area contributed by atoms with Gasteiger partial charge in [0, 0.05) is 12.6 Å². The summed E-state index contributed by atoms with van der Waals surface area (Å²) in [6, 6.07) is -1.23. The number of nitrogens with two attached hydrogens (primary N) is 1. The molecule has 96 valence electrons. The number of hydrogen-bond donors (Lipinski definition) is 1. The van der Waals surface area contributed by atoms with Gasteiger partial charge in [0.1, 0.15) is 6.04 Å². The van der Waals surface area contributed by atoms with E-state index in [1.54, 1.807) is 4.90 Å². The molecule has 0 bridgehead atoms. The van der Waals surface area contributed by atoms with E-state index in [1.807, 2.05) is 13.8 Å². The van der Waals surface area contributed by atoms with Gasteiger partial charge < -0.3 is 5.73 Å². The fourth-order valence-electron chi connectivity index (χ4n) is 2.03. The maximum atomic E-state index is 12.9. The second kappa shape index (κ2) is 5.36. The van der Waals surface area contributed by atoms with Crippen molar-refractivity contribution in [2.24, 2.45) is 11.7 Å². The van der Waals surface area contributed by atoms with Gasteiger partial charge in [-0.3, -0.25) is 4.90 Å². The van der Waals surface area contributed by atoms with Gasteiger partial charge in [-0.25, -0.2) is 0 Å². The number of alkyl halides is 3. The molecular formula is C11H21F3N2. The van der Waals surface area contributed by atoms with Crippen molar-refractivity contribution in [3.63, 3.8) is 0 Å². The first kappa shape index (κ1) is 13.8. The largest absolute Gasteiger partial charge is 0.404 e. The molecule has 1 rings (SSSR count). The van der Waals surface area contributed by atoms with Crippen LogP contribution in [0.5, 0.6) is 0 Å². The van der Waals surface area contributed by atoms with E-state index in [0.29, 0.717) is 6.54 Å². The van der Waals surface area contributed by atoms with Crippen molar-refractivity contribution in [3.8, 4) is 0 Å². The van der Waals surface area contributed by atoms with Gasteiger partial charge in [0.25, 0.3) is 0 Å². The molecule has 2 N–H and O–H groups in total. The summed E-state index contributed by atoms with van der Waals surface area (Å²) in [4.78, 5) is 1.61. The summed E-state index contributed by atoms with van der Waals surface area (Å²) in [5.41, 5.74) is 5.29. The van der Waals surface area contributed by atoms with E-state index in [1.165, 1.54) is 0 Å². The molecule has 0 aromatic carbocycles. The van der Waals surface area contributed by atoms with Gasteiger partial charge >= 0.3 is 6.18 Å². The van der Waals surface area contributed by atoms with Crippen molar-refractivity contribution < 1.29 is 13.2 Å². The Kier molecular flexibility index (Phi) is 4.62. The summed E-state index contributed by atoms with van der Waals surface area (Å²) in [5, 5.41) is 0. The molecule has 0 amide bonds. The molecule has 0 saturated heterocycles. The van der Waals surface area contributed by atoms with Gasteiger partial charge in [-0.05, 0) is 31.7 Å². The molecule has 16 heavy (non-hydrogen) atoms. The molecule has 0 heterocycles. The van der Waals surface area contributed by atoms with E-state index in [-0.39, 0.29) is 24.9 Å². The molecule has 1 saturated carbocycles. The van der Waals surface area contributed by atoms with Crippen molar-refractivity contribution in [2.75, 3.05) is 13.1 Å². The Morgan fingerprint density at radius 1 is 1.31 bits per heavy atom. The maximum Gasteiger partial charge on any atom is 0.404 e. The zero-order valence-electron chi connectivity index (χ0n) is 9.93. The first-order chi connectivity index (χ1) is 7.36. The lowest BCUT2D eigenvalue weighted by Gasteiger charge is -2.34. The van der Waals surface area contributed by atoms with Crippen LogP contribution in [0.25, 0.3) is 0 Å². The van der Waals surface area contributed by atoms with E-state index < -0.39 is 12.2 Å². The molecular weight excluding hydrogens is 217 g/mol. The predicted molar refractivity (Wildman–Crippen MR) is 58.1 cm³/mol. The molecule has 0 aromatic rings. The molecule has 5 heteroatoms. The Balaban J connectivity index is 2.70. The Labute approximate surface area is 95.0 Å². The number of hydrogen-bond acceptors (Lipinski definition) is 2. The zero-order chi connectivity index (χ0) is 12.3. The topological polar surface area (TPSA) is 29.3 Å². The molecule has 1 atom stereocenters. The summed E-state index contributed by atoms with van der Waals surface area (Å²) >= 11 is 0. The summed E-state index contributed by atoms with van der Waals surface area (Å²) in [7, 11) is 0. The summed E-state index contributed by atoms with van der Waals surface area (Å²) in [6.07, 6.45) is -2.36. The van der Waals surface area contributed by atoms with Gasteiger partial charge in [-0.15, -0.1) is 0 Å². The third-order valence-corrected chi connectivity index (χ3v) is 2.81. The van der Waals surface area contributed by atoms with E-state index in [4.69, 9.17) is 5.73 Å². The second-order valence-corrected chi connectivity index (χ2v) is 4.96. The predicted octanol–water partition coefficient (Wildman–Crippen LogP) is 2.39. The van der Waals surface area contributed by atoms with E-state index in [9.17, 15) is 13.2 Å². The van der Waals surface area contributed by atoms with Crippen LogP contribution in [0.2, 0.25) is 0 Å². The summed E-state index contributed by atoms with van der Waals surface area (Å²) < 4.78 is 38.7. The minimum atomic E-state index is -4.16. The van der Waals surface area contributed by atoms with Gasteiger partial charge in [0.15, 0.2) is 0 Å². The fourth-order valence-corrected chi connectivity index (χ4v) is 2.03. The molecule has 0 aromatic heterocycles. The highest BCUT2D eigenvalue weighted by atomic mass is 19.4. The highest BCUT2D eigenvalue weighted by Gasteiger charge is 2.47. The highest BCUT2D eigenvalue weighted by Crippen LogP contribution is 2.36. The third-order valence-electron chi connectivity index (χ3n) is 2.81. The Hall–Kier alpha value is -0.290. The van der Waals surface area contributed by atoms with E-state index in [0.717, 1.165) is 12.8 Å². The third kappa shape index (κ3) is 3.94. The quantitative estimate of drug-likeness (QED) is 0.770. The second-order valence-electron chi connectivity index (χ2n) is 4.96. The highest BCUT2D eigenvalue weighted by molar-refractivity contribution is 4.92. The minimum absolute atomic E-state index is 0.00667. The first-order valence-electron chi connectivity index (χ1n) is 5.88. The molecule has 1 unspecified atom stereocenters. The molecule has 0 spiro atoms. The molecule has 1 aliphatic carbocycles. The smallest absolute Gasteiger partial charge is 0.330 e. The molecule has 1 fully saturated rings. The van der Waals surface area contributed by atoms with Gasteiger partial charge in [-0.2, -0.15) is 13.2 Å². The van der Waals surface area contributed by atoms with Crippen molar-refractivity contribution in [3.05, 3.63) is 0 Å². The van der Waals surface area contributed by atoms with Crippen LogP contribution in [-0.4, -0.2) is 36.2 Å². The van der Waals surface area contributed by atoms with Crippen molar-refractivity contribution in [1.82, 2.24) is 4.90 Å². The Bertz CT molecular complexity index is 212. The minimum Gasteiger partial charge on any atom is -0.330 e. The van der Waals surface area contributed by atoms with E-state index >= 15 is 0 Å².